The Kier molecular flexibility index (Phi) is 5.64. The second-order valence-electron chi connectivity index (χ2n) is 7.54. The second-order valence-corrected chi connectivity index (χ2v) is 7.54. The van der Waals surface area contributed by atoms with Crippen molar-refractivity contribution in [2.45, 2.75) is 32.4 Å². The molecule has 2 N–H and O–H groups in total. The van der Waals surface area contributed by atoms with Crippen molar-refractivity contribution in [3.8, 4) is 0 Å². The van der Waals surface area contributed by atoms with Crippen molar-refractivity contribution in [3.63, 3.8) is 0 Å². The Morgan fingerprint density at radius 1 is 1.00 bits per heavy atom. The lowest BCUT2D eigenvalue weighted by atomic mass is 9.93. The third-order valence-corrected chi connectivity index (χ3v) is 4.23. The van der Waals surface area contributed by atoms with Gasteiger partial charge in [-0.1, -0.05) is 54.6 Å². The van der Waals surface area contributed by atoms with E-state index in [4.69, 9.17) is 4.74 Å². The molecule has 1 atom stereocenters. The van der Waals surface area contributed by atoms with Crippen molar-refractivity contribution < 1.29 is 14.3 Å². The van der Waals surface area contributed by atoms with Crippen LogP contribution in [0.3, 0.4) is 0 Å². The van der Waals surface area contributed by atoms with Crippen LogP contribution in [0.25, 0.3) is 10.8 Å². The molecular weight excluding hydrogens is 352 g/mol. The number of hydrogen-bond donors (Lipinski definition) is 2. The fourth-order valence-corrected chi connectivity index (χ4v) is 3.15. The number of amides is 2. The molecule has 144 valence electrons. The highest BCUT2D eigenvalue weighted by molar-refractivity contribution is 5.87. The lowest BCUT2D eigenvalue weighted by molar-refractivity contribution is -0.110. The summed E-state index contributed by atoms with van der Waals surface area (Å²) >= 11 is 0. The van der Waals surface area contributed by atoms with Crippen LogP contribution in [0.5, 0.6) is 0 Å². The van der Waals surface area contributed by atoms with Crippen molar-refractivity contribution in [1.82, 2.24) is 5.32 Å². The topological polar surface area (TPSA) is 67.4 Å². The van der Waals surface area contributed by atoms with Crippen molar-refractivity contribution in [3.05, 3.63) is 77.9 Å². The maximum absolute atomic E-state index is 12.1. The molecule has 0 aliphatic carbocycles. The van der Waals surface area contributed by atoms with Crippen LogP contribution in [0.15, 0.2) is 66.7 Å². The van der Waals surface area contributed by atoms with E-state index in [0.29, 0.717) is 12.1 Å². The highest BCUT2D eigenvalue weighted by Gasteiger charge is 2.18. The Bertz CT molecular complexity index is 987. The van der Waals surface area contributed by atoms with Crippen LogP contribution in [0.1, 0.15) is 37.9 Å². The molecule has 0 saturated heterocycles. The molecule has 0 heterocycles. The molecule has 0 aromatic heterocycles. The molecule has 3 aromatic carbocycles. The standard InChI is InChI=1S/C23H24N2O3/c1-23(2,3)28-22(27)25-18-11-6-10-17(14-18)21(24-15-26)20-13-7-9-16-8-4-5-12-19(16)20/h4-15,21H,1-3H3,(H,24,26)(H,25,27). The first-order chi connectivity index (χ1) is 13.4. The summed E-state index contributed by atoms with van der Waals surface area (Å²) in [4.78, 5) is 23.4. The maximum atomic E-state index is 12.1. The predicted octanol–water partition coefficient (Wildman–Crippen LogP) is 5.02. The number of ether oxygens (including phenoxy) is 1. The number of hydrogen-bond acceptors (Lipinski definition) is 3. The number of anilines is 1. The minimum Gasteiger partial charge on any atom is -0.444 e. The molecule has 0 aliphatic rings. The van der Waals surface area contributed by atoms with E-state index >= 15 is 0 Å². The van der Waals surface area contributed by atoms with E-state index in [-0.39, 0.29) is 6.04 Å². The summed E-state index contributed by atoms with van der Waals surface area (Å²) in [5.41, 5.74) is 1.87. The summed E-state index contributed by atoms with van der Waals surface area (Å²) in [5, 5.41) is 7.81. The van der Waals surface area contributed by atoms with Crippen LogP contribution in [0, 0.1) is 0 Å². The number of benzene rings is 3. The van der Waals surface area contributed by atoms with Crippen molar-refractivity contribution >= 4 is 29.0 Å². The molecular formula is C23H24N2O3. The number of carbonyl (C=O) groups is 2. The summed E-state index contributed by atoms with van der Waals surface area (Å²) in [7, 11) is 0. The Labute approximate surface area is 164 Å². The number of fused-ring (bicyclic) bond motifs is 1. The van der Waals surface area contributed by atoms with Gasteiger partial charge in [0.05, 0.1) is 6.04 Å². The van der Waals surface area contributed by atoms with Crippen molar-refractivity contribution in [2.75, 3.05) is 5.32 Å². The third-order valence-electron chi connectivity index (χ3n) is 4.23. The quantitative estimate of drug-likeness (QED) is 0.614. The lowest BCUT2D eigenvalue weighted by Gasteiger charge is -2.21. The summed E-state index contributed by atoms with van der Waals surface area (Å²) in [6, 6.07) is 21.1. The Hall–Kier alpha value is -3.34. The zero-order valence-corrected chi connectivity index (χ0v) is 16.2. The van der Waals surface area contributed by atoms with E-state index in [2.05, 4.69) is 10.6 Å². The molecule has 5 heteroatoms. The number of nitrogens with one attached hydrogen (secondary N) is 2. The molecule has 5 nitrogen and oxygen atoms in total. The van der Waals surface area contributed by atoms with E-state index < -0.39 is 11.7 Å². The van der Waals surface area contributed by atoms with Gasteiger partial charge in [-0.05, 0) is 54.8 Å². The molecule has 0 saturated carbocycles. The molecule has 0 bridgehead atoms. The fraction of sp³-hybridized carbons (Fsp3) is 0.217. The summed E-state index contributed by atoms with van der Waals surface area (Å²) < 4.78 is 5.31. The summed E-state index contributed by atoms with van der Waals surface area (Å²) in [5.74, 6) is 0. The van der Waals surface area contributed by atoms with Gasteiger partial charge in [0.15, 0.2) is 0 Å². The van der Waals surface area contributed by atoms with Crippen molar-refractivity contribution in [2.24, 2.45) is 0 Å². The zero-order chi connectivity index (χ0) is 20.1. The predicted molar refractivity (Wildman–Crippen MR) is 111 cm³/mol. The first-order valence-electron chi connectivity index (χ1n) is 9.15. The molecule has 0 aliphatic heterocycles. The van der Waals surface area contributed by atoms with Gasteiger partial charge in [0.1, 0.15) is 5.60 Å². The van der Waals surface area contributed by atoms with Gasteiger partial charge in [0, 0.05) is 5.69 Å². The SMILES string of the molecule is CC(C)(C)OC(=O)Nc1cccc(C(NC=O)c2cccc3ccccc23)c1. The largest absolute Gasteiger partial charge is 0.444 e. The molecule has 3 rings (SSSR count). The normalized spacial score (nSPS) is 12.2. The molecule has 2 amide bonds. The zero-order valence-electron chi connectivity index (χ0n) is 16.2. The minimum absolute atomic E-state index is 0.344. The van der Waals surface area contributed by atoms with Gasteiger partial charge in [0.2, 0.25) is 6.41 Å². The van der Waals surface area contributed by atoms with Gasteiger partial charge in [-0.15, -0.1) is 0 Å². The van der Waals surface area contributed by atoms with Gasteiger partial charge in [0.25, 0.3) is 0 Å². The van der Waals surface area contributed by atoms with Crippen LogP contribution in [0.4, 0.5) is 10.5 Å². The Morgan fingerprint density at radius 2 is 1.71 bits per heavy atom. The van der Waals surface area contributed by atoms with E-state index in [1.165, 1.54) is 0 Å². The third kappa shape index (κ3) is 4.68. The highest BCUT2D eigenvalue weighted by Crippen LogP contribution is 2.30. The fourth-order valence-electron chi connectivity index (χ4n) is 3.15. The van der Waals surface area contributed by atoms with E-state index in [1.54, 1.807) is 6.07 Å². The molecule has 0 spiro atoms. The minimum atomic E-state index is -0.577. The lowest BCUT2D eigenvalue weighted by Crippen LogP contribution is -2.27. The number of rotatable bonds is 5. The van der Waals surface area contributed by atoms with E-state index in [9.17, 15) is 9.59 Å². The van der Waals surface area contributed by atoms with Crippen molar-refractivity contribution in [1.29, 1.82) is 0 Å². The highest BCUT2D eigenvalue weighted by atomic mass is 16.6. The first kappa shape index (κ1) is 19.4. The van der Waals surface area contributed by atoms with Crippen LogP contribution in [-0.2, 0) is 9.53 Å². The van der Waals surface area contributed by atoms with Gasteiger partial charge in [-0.25, -0.2) is 4.79 Å². The monoisotopic (exact) mass is 376 g/mol. The van der Waals surface area contributed by atoms with Crippen LogP contribution < -0.4 is 10.6 Å². The van der Waals surface area contributed by atoms with Crippen LogP contribution >= 0.6 is 0 Å². The summed E-state index contributed by atoms with van der Waals surface area (Å²) in [6.07, 6.45) is 0.176. The van der Waals surface area contributed by atoms with Gasteiger partial charge in [-0.3, -0.25) is 10.1 Å². The molecule has 28 heavy (non-hydrogen) atoms. The molecule has 0 fully saturated rings. The van der Waals surface area contributed by atoms with E-state index in [1.807, 2.05) is 81.4 Å². The molecule has 3 aromatic rings. The maximum Gasteiger partial charge on any atom is 0.412 e. The van der Waals surface area contributed by atoms with Gasteiger partial charge in [-0.2, -0.15) is 0 Å². The first-order valence-corrected chi connectivity index (χ1v) is 9.15. The number of carbonyl (C=O) groups excluding carboxylic acids is 2. The average Bonchev–Trinajstić information content (AvgIpc) is 2.64. The molecule has 1 unspecified atom stereocenters. The Morgan fingerprint density at radius 3 is 2.46 bits per heavy atom. The molecule has 0 radical (unpaired) electrons. The second kappa shape index (κ2) is 8.13. The average molecular weight is 376 g/mol. The van der Waals surface area contributed by atoms with Gasteiger partial charge >= 0.3 is 6.09 Å². The van der Waals surface area contributed by atoms with E-state index in [0.717, 1.165) is 21.9 Å². The smallest absolute Gasteiger partial charge is 0.412 e. The Balaban J connectivity index is 1.95. The van der Waals surface area contributed by atoms with Gasteiger partial charge < -0.3 is 10.1 Å². The summed E-state index contributed by atoms with van der Waals surface area (Å²) in [6.45, 7) is 5.44. The van der Waals surface area contributed by atoms with Crippen LogP contribution in [0.2, 0.25) is 0 Å². The van der Waals surface area contributed by atoms with Crippen LogP contribution in [-0.4, -0.2) is 18.1 Å².